The molecule has 1 saturated heterocycles. The summed E-state index contributed by atoms with van der Waals surface area (Å²) in [6, 6.07) is 0.732. The van der Waals surface area contributed by atoms with Gasteiger partial charge in [0.2, 0.25) is 0 Å². The van der Waals surface area contributed by atoms with Gasteiger partial charge in [0.05, 0.1) is 24.6 Å². The summed E-state index contributed by atoms with van der Waals surface area (Å²) < 4.78 is 2.15. The van der Waals surface area contributed by atoms with Gasteiger partial charge in [-0.05, 0) is 44.8 Å². The number of nitrogens with zero attached hydrogens (tertiary/aromatic N) is 6. The molecule has 0 bridgehead atoms. The van der Waals surface area contributed by atoms with E-state index in [1.54, 1.807) is 11.3 Å². The lowest BCUT2D eigenvalue weighted by atomic mass is 9.92. The van der Waals surface area contributed by atoms with E-state index in [-0.39, 0.29) is 0 Å². The maximum absolute atomic E-state index is 4.46. The molecule has 4 heterocycles. The largest absolute Gasteiger partial charge is 0.300 e. The van der Waals surface area contributed by atoms with Crippen molar-refractivity contribution in [3.63, 3.8) is 0 Å². The Hall–Kier alpha value is -1.83. The van der Waals surface area contributed by atoms with E-state index >= 15 is 0 Å². The van der Waals surface area contributed by atoms with Crippen LogP contribution in [0.4, 0.5) is 0 Å². The minimum absolute atomic E-state index is 0.548. The van der Waals surface area contributed by atoms with Crippen molar-refractivity contribution in [3.8, 4) is 0 Å². The van der Waals surface area contributed by atoms with Crippen molar-refractivity contribution in [3.05, 3.63) is 47.1 Å². The number of fused-ring (bicyclic) bond motifs is 1. The zero-order chi connectivity index (χ0) is 17.6. The Balaban J connectivity index is 1.18. The molecule has 0 aromatic carbocycles. The summed E-state index contributed by atoms with van der Waals surface area (Å²) >= 11 is 1.76. The normalized spacial score (nSPS) is 22.5. The zero-order valence-corrected chi connectivity index (χ0v) is 15.9. The fourth-order valence-electron chi connectivity index (χ4n) is 4.54. The lowest BCUT2D eigenvalue weighted by Gasteiger charge is -2.34. The Bertz CT molecular complexity index is 880. The van der Waals surface area contributed by atoms with E-state index in [2.05, 4.69) is 41.6 Å². The fraction of sp³-hybridized carbons (Fsp3) is 0.526. The molecule has 1 spiro atoms. The summed E-state index contributed by atoms with van der Waals surface area (Å²) in [6.45, 7) is 4.32. The first-order valence-electron chi connectivity index (χ1n) is 9.30. The first kappa shape index (κ1) is 16.4. The first-order chi connectivity index (χ1) is 12.7. The molecule has 6 nitrogen and oxygen atoms in total. The maximum atomic E-state index is 4.46. The predicted molar refractivity (Wildman–Crippen MR) is 102 cm³/mol. The highest BCUT2D eigenvalue weighted by atomic mass is 32.1. The lowest BCUT2D eigenvalue weighted by Crippen LogP contribution is -2.37. The molecule has 0 N–H and O–H groups in total. The van der Waals surface area contributed by atoms with Crippen molar-refractivity contribution in [1.29, 1.82) is 0 Å². The van der Waals surface area contributed by atoms with E-state index in [0.717, 1.165) is 24.8 Å². The van der Waals surface area contributed by atoms with Crippen molar-refractivity contribution in [2.45, 2.75) is 38.4 Å². The molecule has 26 heavy (non-hydrogen) atoms. The first-order valence-corrected chi connectivity index (χ1v) is 10.2. The molecule has 1 atom stereocenters. The number of imidazole rings is 1. The van der Waals surface area contributed by atoms with Gasteiger partial charge in [-0.2, -0.15) is 0 Å². The van der Waals surface area contributed by atoms with Gasteiger partial charge < -0.3 is 0 Å². The van der Waals surface area contributed by atoms with Gasteiger partial charge in [0.1, 0.15) is 5.01 Å². The van der Waals surface area contributed by atoms with Gasteiger partial charge in [-0.25, -0.2) is 9.97 Å². The van der Waals surface area contributed by atoms with Crippen molar-refractivity contribution in [2.24, 2.45) is 5.41 Å². The van der Waals surface area contributed by atoms with E-state index in [9.17, 15) is 0 Å². The monoisotopic (exact) mass is 368 g/mol. The molecule has 2 aliphatic rings. The van der Waals surface area contributed by atoms with Crippen LogP contribution in [0.15, 0.2) is 36.4 Å². The second-order valence-corrected chi connectivity index (χ2v) is 8.73. The van der Waals surface area contributed by atoms with Gasteiger partial charge in [0.25, 0.3) is 0 Å². The average Bonchev–Trinajstić information content (AvgIpc) is 3.00. The van der Waals surface area contributed by atoms with Gasteiger partial charge >= 0.3 is 0 Å². The second-order valence-electron chi connectivity index (χ2n) is 7.75. The Morgan fingerprint density at radius 2 is 2.12 bits per heavy atom. The maximum Gasteiger partial charge on any atom is 0.155 e. The summed E-state index contributed by atoms with van der Waals surface area (Å²) in [5.74, 6) is 0. The number of hydrogen-bond donors (Lipinski definition) is 0. The molecule has 0 unspecified atom stereocenters. The van der Waals surface area contributed by atoms with Crippen LogP contribution in [0, 0.1) is 5.41 Å². The number of thiazole rings is 1. The minimum Gasteiger partial charge on any atom is -0.300 e. The number of aromatic nitrogens is 4. The molecule has 1 saturated carbocycles. The summed E-state index contributed by atoms with van der Waals surface area (Å²) in [6.07, 6.45) is 13.5. The molecule has 1 aliphatic heterocycles. The summed E-state index contributed by atoms with van der Waals surface area (Å²) in [5, 5.41) is 3.30. The van der Waals surface area contributed by atoms with Gasteiger partial charge in [-0.3, -0.25) is 19.2 Å². The highest BCUT2D eigenvalue weighted by Crippen LogP contribution is 2.56. The van der Waals surface area contributed by atoms with Crippen LogP contribution in [0.25, 0.3) is 5.65 Å². The molecule has 1 aliphatic carbocycles. The molecule has 3 aromatic rings. The summed E-state index contributed by atoms with van der Waals surface area (Å²) in [4.78, 5) is 18.1. The number of piperidine rings is 1. The van der Waals surface area contributed by atoms with E-state index in [1.165, 1.54) is 43.1 Å². The number of rotatable bonds is 5. The molecule has 7 heteroatoms. The lowest BCUT2D eigenvalue weighted by molar-refractivity contribution is 0.138. The third kappa shape index (κ3) is 2.94. The van der Waals surface area contributed by atoms with Crippen molar-refractivity contribution in [1.82, 2.24) is 29.2 Å². The summed E-state index contributed by atoms with van der Waals surface area (Å²) in [7, 11) is 2.26. The number of likely N-dealkylation sites (tertiary alicyclic amines) is 1. The van der Waals surface area contributed by atoms with E-state index < -0.39 is 0 Å². The van der Waals surface area contributed by atoms with Gasteiger partial charge in [0, 0.05) is 36.6 Å². The zero-order valence-electron chi connectivity index (χ0n) is 15.1. The molecule has 3 aromatic heterocycles. The van der Waals surface area contributed by atoms with Crippen LogP contribution in [0.1, 0.15) is 30.0 Å². The van der Waals surface area contributed by atoms with Gasteiger partial charge in [-0.1, -0.05) is 0 Å². The molecule has 5 rings (SSSR count). The number of hydrogen-bond acceptors (Lipinski definition) is 6. The highest BCUT2D eigenvalue weighted by molar-refractivity contribution is 7.09. The Morgan fingerprint density at radius 3 is 2.92 bits per heavy atom. The van der Waals surface area contributed by atoms with E-state index in [4.69, 9.17) is 0 Å². The SMILES string of the molecule is CN(Cc1nccs1)[C@@H]1CC12CCN(Cc1cnc3cnccn13)CC2. The standard InChI is InChI=1S/C19H24N6S/c1-23(14-18-21-5-9-26-18)16-10-19(16)2-6-24(7-3-19)13-15-11-22-17-12-20-4-8-25(15)17/h4-5,8-9,11-12,16H,2-3,6-7,10,13-14H2,1H3/t16-/m1/s1. The molecular weight excluding hydrogens is 344 g/mol. The fourth-order valence-corrected chi connectivity index (χ4v) is 5.22. The van der Waals surface area contributed by atoms with Crippen molar-refractivity contribution in [2.75, 3.05) is 20.1 Å². The molecule has 0 radical (unpaired) electrons. The van der Waals surface area contributed by atoms with Crippen LogP contribution in [0.5, 0.6) is 0 Å². The molecule has 0 amide bonds. The Kier molecular flexibility index (Phi) is 4.03. The topological polar surface area (TPSA) is 49.6 Å². The third-order valence-electron chi connectivity index (χ3n) is 6.18. The smallest absolute Gasteiger partial charge is 0.155 e. The van der Waals surface area contributed by atoms with Gasteiger partial charge in [-0.15, -0.1) is 11.3 Å². The van der Waals surface area contributed by atoms with Crippen LogP contribution in [0.2, 0.25) is 0 Å². The highest BCUT2D eigenvalue weighted by Gasteiger charge is 2.56. The third-order valence-corrected chi connectivity index (χ3v) is 6.94. The van der Waals surface area contributed by atoms with Crippen molar-refractivity contribution < 1.29 is 0 Å². The quantitative estimate of drug-likeness (QED) is 0.693. The minimum atomic E-state index is 0.548. The summed E-state index contributed by atoms with van der Waals surface area (Å²) in [5.41, 5.74) is 2.74. The van der Waals surface area contributed by atoms with Crippen molar-refractivity contribution >= 4 is 17.0 Å². The molecule has 136 valence electrons. The van der Waals surface area contributed by atoms with Crippen LogP contribution in [-0.2, 0) is 13.1 Å². The van der Waals surface area contributed by atoms with E-state index in [1.807, 2.05) is 31.0 Å². The van der Waals surface area contributed by atoms with E-state index in [0.29, 0.717) is 5.41 Å². The second kappa shape index (κ2) is 6.40. The predicted octanol–water partition coefficient (Wildman–Crippen LogP) is 2.67. The van der Waals surface area contributed by atoms with Gasteiger partial charge in [0.15, 0.2) is 5.65 Å². The Morgan fingerprint density at radius 1 is 1.23 bits per heavy atom. The Labute approximate surface area is 157 Å². The van der Waals surface area contributed by atoms with Crippen LogP contribution in [-0.4, -0.2) is 55.3 Å². The average molecular weight is 369 g/mol. The van der Waals surface area contributed by atoms with Crippen LogP contribution < -0.4 is 0 Å². The molecular formula is C19H24N6S. The van der Waals surface area contributed by atoms with Crippen LogP contribution in [0.3, 0.4) is 0 Å². The molecule has 2 fully saturated rings. The van der Waals surface area contributed by atoms with Crippen LogP contribution >= 0.6 is 11.3 Å².